The van der Waals surface area contributed by atoms with Gasteiger partial charge in [-0.05, 0) is 34.1 Å². The molecule has 0 fully saturated rings. The van der Waals surface area contributed by atoms with Crippen molar-refractivity contribution >= 4 is 49.7 Å². The summed E-state index contributed by atoms with van der Waals surface area (Å²) in [5.41, 5.74) is 2.55. The fraction of sp³-hybridized carbons (Fsp3) is 0. The Hall–Kier alpha value is -2.26. The summed E-state index contributed by atoms with van der Waals surface area (Å²) in [5, 5.41) is 24.3. The molecule has 7 nitrogen and oxygen atoms in total. The number of nitro groups is 1. The van der Waals surface area contributed by atoms with Crippen LogP contribution in [0.2, 0.25) is 0 Å². The molecule has 0 bridgehead atoms. The number of nitro benzene ring substituents is 1. The minimum atomic E-state index is -0.599. The number of hydrazone groups is 1. The van der Waals surface area contributed by atoms with Crippen LogP contribution in [0.15, 0.2) is 50.4 Å². The van der Waals surface area contributed by atoms with Crippen LogP contribution in [0.3, 0.4) is 0 Å². The van der Waals surface area contributed by atoms with E-state index in [9.17, 15) is 20.0 Å². The summed E-state index contributed by atoms with van der Waals surface area (Å²) in [6.45, 7) is 0. The molecule has 1 amide bonds. The second kappa shape index (κ2) is 7.34. The topological polar surface area (TPSA) is 105 Å². The number of halogens is 2. The van der Waals surface area contributed by atoms with Crippen LogP contribution in [0.25, 0.3) is 0 Å². The molecule has 0 radical (unpaired) electrons. The van der Waals surface area contributed by atoms with E-state index in [2.05, 4.69) is 42.4 Å². The number of nitrogens with zero attached hydrogens (tertiary/aromatic N) is 2. The quantitative estimate of drug-likeness (QED) is 0.428. The molecule has 2 aromatic rings. The molecule has 0 heterocycles. The fourth-order valence-corrected chi connectivity index (χ4v) is 2.93. The van der Waals surface area contributed by atoms with Gasteiger partial charge in [0.25, 0.3) is 11.6 Å². The molecule has 0 aromatic heterocycles. The molecule has 23 heavy (non-hydrogen) atoms. The number of carbonyl (C=O) groups excluding carboxylic acids is 1. The van der Waals surface area contributed by atoms with E-state index in [4.69, 9.17) is 0 Å². The van der Waals surface area contributed by atoms with Crippen molar-refractivity contribution in [1.29, 1.82) is 0 Å². The van der Waals surface area contributed by atoms with Crippen molar-refractivity contribution < 1.29 is 14.8 Å². The third kappa shape index (κ3) is 4.36. The molecule has 0 atom stereocenters. The van der Waals surface area contributed by atoms with Crippen LogP contribution in [0.5, 0.6) is 5.75 Å². The van der Waals surface area contributed by atoms with Crippen molar-refractivity contribution in [1.82, 2.24) is 5.43 Å². The van der Waals surface area contributed by atoms with Gasteiger partial charge in [-0.25, -0.2) is 5.43 Å². The summed E-state index contributed by atoms with van der Waals surface area (Å²) in [7, 11) is 0. The SMILES string of the molecule is O=C(N/N=C\c1cc(Br)cc(Br)c1O)c1cccc([N+](=O)[O-])c1. The fourth-order valence-electron chi connectivity index (χ4n) is 1.67. The number of amides is 1. The first-order valence-corrected chi connectivity index (χ1v) is 7.73. The zero-order valence-corrected chi connectivity index (χ0v) is 14.5. The van der Waals surface area contributed by atoms with E-state index in [0.717, 1.165) is 6.07 Å². The standard InChI is InChI=1S/C14H9Br2N3O4/c15-10-4-9(13(20)12(16)6-10)7-17-18-14(21)8-2-1-3-11(5-8)19(22)23/h1-7,20H,(H,18,21)/b17-7-. The zero-order chi connectivity index (χ0) is 17.0. The molecule has 9 heteroatoms. The number of hydrogen-bond acceptors (Lipinski definition) is 5. The van der Waals surface area contributed by atoms with Gasteiger partial charge in [-0.2, -0.15) is 5.10 Å². The first-order chi connectivity index (χ1) is 10.9. The van der Waals surface area contributed by atoms with Crippen molar-refractivity contribution in [3.63, 3.8) is 0 Å². The number of benzene rings is 2. The lowest BCUT2D eigenvalue weighted by Crippen LogP contribution is -2.17. The number of phenols is 1. The number of nitrogens with one attached hydrogen (secondary N) is 1. The number of rotatable bonds is 4. The molecule has 2 rings (SSSR count). The summed E-state index contributed by atoms with van der Waals surface area (Å²) in [5.74, 6) is -0.625. The third-order valence-electron chi connectivity index (χ3n) is 2.75. The molecular weight excluding hydrogens is 434 g/mol. The van der Waals surface area contributed by atoms with Crippen LogP contribution < -0.4 is 5.43 Å². The molecule has 2 aromatic carbocycles. The molecule has 118 valence electrons. The van der Waals surface area contributed by atoms with Crippen LogP contribution in [-0.4, -0.2) is 22.2 Å². The summed E-state index contributed by atoms with van der Waals surface area (Å²) in [6.07, 6.45) is 1.26. The summed E-state index contributed by atoms with van der Waals surface area (Å²) >= 11 is 6.46. The molecule has 0 unspecified atom stereocenters. The van der Waals surface area contributed by atoms with Crippen LogP contribution in [0, 0.1) is 10.1 Å². The Kier molecular flexibility index (Phi) is 5.45. The maximum Gasteiger partial charge on any atom is 0.271 e. The Balaban J connectivity index is 2.13. The van der Waals surface area contributed by atoms with Crippen molar-refractivity contribution in [2.24, 2.45) is 5.10 Å². The summed E-state index contributed by atoms with van der Waals surface area (Å²) < 4.78 is 1.19. The minimum absolute atomic E-state index is 0.0263. The van der Waals surface area contributed by atoms with Gasteiger partial charge in [-0.3, -0.25) is 14.9 Å². The van der Waals surface area contributed by atoms with Crippen LogP contribution >= 0.6 is 31.9 Å². The Bertz CT molecular complexity index is 809. The molecule has 0 aliphatic carbocycles. The van der Waals surface area contributed by atoms with Crippen molar-refractivity contribution in [3.05, 3.63) is 66.6 Å². The van der Waals surface area contributed by atoms with Crippen molar-refractivity contribution in [2.45, 2.75) is 0 Å². The number of carbonyl (C=O) groups is 1. The average molecular weight is 443 g/mol. The predicted molar refractivity (Wildman–Crippen MR) is 91.7 cm³/mol. The number of aromatic hydroxyl groups is 1. The first kappa shape index (κ1) is 17.1. The highest BCUT2D eigenvalue weighted by molar-refractivity contribution is 9.11. The first-order valence-electron chi connectivity index (χ1n) is 6.14. The van der Waals surface area contributed by atoms with Gasteiger partial charge in [0, 0.05) is 27.7 Å². The van der Waals surface area contributed by atoms with E-state index in [-0.39, 0.29) is 17.0 Å². The normalized spacial score (nSPS) is 10.7. The summed E-state index contributed by atoms with van der Waals surface area (Å²) in [6, 6.07) is 8.56. The summed E-state index contributed by atoms with van der Waals surface area (Å²) in [4.78, 5) is 22.0. The molecule has 0 aliphatic heterocycles. The number of non-ortho nitro benzene ring substituents is 1. The monoisotopic (exact) mass is 441 g/mol. The van der Waals surface area contributed by atoms with Gasteiger partial charge in [-0.1, -0.05) is 22.0 Å². The van der Waals surface area contributed by atoms with Gasteiger partial charge in [0.1, 0.15) is 5.75 Å². The van der Waals surface area contributed by atoms with Gasteiger partial charge >= 0.3 is 0 Å². The van der Waals surface area contributed by atoms with E-state index < -0.39 is 10.8 Å². The van der Waals surface area contributed by atoms with Crippen molar-refractivity contribution in [3.8, 4) is 5.75 Å². The van der Waals surface area contributed by atoms with Gasteiger partial charge < -0.3 is 5.11 Å². The van der Waals surface area contributed by atoms with E-state index in [1.807, 2.05) is 0 Å². The number of phenolic OH excluding ortho intramolecular Hbond substituents is 1. The molecule has 0 saturated carbocycles. The molecule has 0 saturated heterocycles. The Morgan fingerprint density at radius 3 is 2.74 bits per heavy atom. The lowest BCUT2D eigenvalue weighted by Gasteiger charge is -2.03. The Morgan fingerprint density at radius 2 is 2.04 bits per heavy atom. The zero-order valence-electron chi connectivity index (χ0n) is 11.4. The molecule has 2 N–H and O–H groups in total. The van der Waals surface area contributed by atoms with Gasteiger partial charge in [-0.15, -0.1) is 0 Å². The third-order valence-corrected chi connectivity index (χ3v) is 3.81. The highest BCUT2D eigenvalue weighted by Crippen LogP contribution is 2.30. The minimum Gasteiger partial charge on any atom is -0.506 e. The van der Waals surface area contributed by atoms with Crippen molar-refractivity contribution in [2.75, 3.05) is 0 Å². The average Bonchev–Trinajstić information content (AvgIpc) is 2.51. The second-order valence-corrected chi connectivity index (χ2v) is 6.10. The maximum atomic E-state index is 11.9. The van der Waals surface area contributed by atoms with Gasteiger partial charge in [0.15, 0.2) is 0 Å². The van der Waals surface area contributed by atoms with E-state index in [1.165, 1.54) is 24.4 Å². The Morgan fingerprint density at radius 1 is 1.30 bits per heavy atom. The van der Waals surface area contributed by atoms with E-state index in [0.29, 0.717) is 14.5 Å². The molecule has 0 spiro atoms. The van der Waals surface area contributed by atoms with Crippen LogP contribution in [-0.2, 0) is 0 Å². The predicted octanol–water partition coefficient (Wildman–Crippen LogP) is 3.59. The van der Waals surface area contributed by atoms with Crippen LogP contribution in [0.4, 0.5) is 5.69 Å². The largest absolute Gasteiger partial charge is 0.506 e. The van der Waals surface area contributed by atoms with Gasteiger partial charge in [0.2, 0.25) is 0 Å². The second-order valence-electron chi connectivity index (χ2n) is 4.33. The highest BCUT2D eigenvalue weighted by Gasteiger charge is 2.11. The number of hydrogen-bond donors (Lipinski definition) is 2. The van der Waals surface area contributed by atoms with E-state index >= 15 is 0 Å². The maximum absolute atomic E-state index is 11.9. The van der Waals surface area contributed by atoms with Gasteiger partial charge in [0.05, 0.1) is 15.6 Å². The molecule has 0 aliphatic rings. The smallest absolute Gasteiger partial charge is 0.271 e. The van der Waals surface area contributed by atoms with Crippen LogP contribution in [0.1, 0.15) is 15.9 Å². The lowest BCUT2D eigenvalue weighted by molar-refractivity contribution is -0.384. The molecular formula is C14H9Br2N3O4. The lowest BCUT2D eigenvalue weighted by atomic mass is 10.2. The Labute approximate surface area is 147 Å². The highest BCUT2D eigenvalue weighted by atomic mass is 79.9. The van der Waals surface area contributed by atoms with E-state index in [1.54, 1.807) is 12.1 Å².